The van der Waals surface area contributed by atoms with E-state index in [9.17, 15) is 0 Å². The highest BCUT2D eigenvalue weighted by Crippen LogP contribution is 2.36. The number of hydrogen-bond donors (Lipinski definition) is 0. The Hall–Kier alpha value is -0.960. The summed E-state index contributed by atoms with van der Waals surface area (Å²) in [5.41, 5.74) is 4.17. The van der Waals surface area contributed by atoms with Gasteiger partial charge in [-0.3, -0.25) is 4.90 Å². The average Bonchev–Trinajstić information content (AvgIpc) is 2.50. The molecule has 0 bridgehead atoms. The lowest BCUT2D eigenvalue weighted by molar-refractivity contribution is 0.123. The average molecular weight is 316 g/mol. The second kappa shape index (κ2) is 5.84. The van der Waals surface area contributed by atoms with Gasteiger partial charge in [0.1, 0.15) is 5.82 Å². The molecule has 2 aliphatic heterocycles. The summed E-state index contributed by atoms with van der Waals surface area (Å²) in [4.78, 5) is 12.9. The van der Waals surface area contributed by atoms with Crippen LogP contribution >= 0.6 is 0 Å². The fourth-order valence-electron chi connectivity index (χ4n) is 3.87. The second-order valence-electron chi connectivity index (χ2n) is 9.13. The van der Waals surface area contributed by atoms with Crippen LogP contribution in [0.1, 0.15) is 90.0 Å². The number of nitrogens with zero attached hydrogens (tertiary/aromatic N) is 3. The maximum absolute atomic E-state index is 5.10. The van der Waals surface area contributed by atoms with Crippen LogP contribution in [-0.2, 0) is 23.8 Å². The Balaban J connectivity index is 2.10. The van der Waals surface area contributed by atoms with Crippen LogP contribution in [0.4, 0.5) is 0 Å². The molecule has 1 fully saturated rings. The first-order valence-corrected chi connectivity index (χ1v) is 9.37. The maximum Gasteiger partial charge on any atom is 0.134 e. The van der Waals surface area contributed by atoms with E-state index >= 15 is 0 Å². The zero-order valence-electron chi connectivity index (χ0n) is 15.9. The topological polar surface area (TPSA) is 29.0 Å². The summed E-state index contributed by atoms with van der Waals surface area (Å²) in [6.45, 7) is 16.0. The van der Waals surface area contributed by atoms with Gasteiger partial charge in [-0.15, -0.1) is 0 Å². The third kappa shape index (κ3) is 3.17. The van der Waals surface area contributed by atoms with E-state index in [1.165, 1.54) is 42.8 Å². The van der Waals surface area contributed by atoms with Gasteiger partial charge in [-0.1, -0.05) is 48.0 Å². The molecular weight excluding hydrogens is 282 g/mol. The summed E-state index contributed by atoms with van der Waals surface area (Å²) >= 11 is 0. The van der Waals surface area contributed by atoms with Gasteiger partial charge >= 0.3 is 0 Å². The van der Waals surface area contributed by atoms with Gasteiger partial charge in [-0.25, -0.2) is 9.97 Å². The van der Waals surface area contributed by atoms with Crippen molar-refractivity contribution >= 4 is 0 Å². The molecule has 1 saturated heterocycles. The monoisotopic (exact) mass is 315 g/mol. The van der Waals surface area contributed by atoms with Gasteiger partial charge in [-0.2, -0.15) is 0 Å². The molecule has 1 aromatic heterocycles. The third-order valence-corrected chi connectivity index (χ3v) is 5.83. The molecule has 0 amide bonds. The zero-order chi connectivity index (χ0) is 16.8. The van der Waals surface area contributed by atoms with Crippen molar-refractivity contribution in [2.24, 2.45) is 0 Å². The van der Waals surface area contributed by atoms with Crippen LogP contribution in [0.5, 0.6) is 0 Å². The lowest BCUT2D eigenvalue weighted by Crippen LogP contribution is -2.45. The summed E-state index contributed by atoms with van der Waals surface area (Å²) in [6, 6.07) is 0.705. The van der Waals surface area contributed by atoms with E-state index < -0.39 is 0 Å². The highest BCUT2D eigenvalue weighted by molar-refractivity contribution is 5.34. The van der Waals surface area contributed by atoms with Crippen molar-refractivity contribution in [1.29, 1.82) is 0 Å². The normalized spacial score (nSPS) is 22.6. The molecule has 128 valence electrons. The lowest BCUT2D eigenvalue weighted by Gasteiger charge is -2.41. The minimum atomic E-state index is 0.0543. The molecule has 3 heterocycles. The van der Waals surface area contributed by atoms with E-state index in [0.717, 1.165) is 25.2 Å². The fourth-order valence-corrected chi connectivity index (χ4v) is 3.87. The van der Waals surface area contributed by atoms with Crippen molar-refractivity contribution in [3.8, 4) is 0 Å². The highest BCUT2D eigenvalue weighted by Gasteiger charge is 2.35. The number of rotatable bonds is 2. The molecule has 23 heavy (non-hydrogen) atoms. The molecule has 0 aromatic carbocycles. The minimum absolute atomic E-state index is 0.0543. The van der Waals surface area contributed by atoms with Crippen LogP contribution in [0.3, 0.4) is 0 Å². The quantitative estimate of drug-likeness (QED) is 0.811. The van der Waals surface area contributed by atoms with Gasteiger partial charge in [0.15, 0.2) is 0 Å². The van der Waals surface area contributed by atoms with Gasteiger partial charge in [0, 0.05) is 35.4 Å². The lowest BCUT2D eigenvalue weighted by atomic mass is 9.82. The molecular formula is C20H33N3. The minimum Gasteiger partial charge on any atom is -0.296 e. The Labute approximate surface area is 141 Å². The van der Waals surface area contributed by atoms with Crippen LogP contribution in [0, 0.1) is 0 Å². The predicted octanol–water partition coefficient (Wildman–Crippen LogP) is 4.37. The number of aromatic nitrogens is 2. The summed E-state index contributed by atoms with van der Waals surface area (Å²) in [5, 5.41) is 0. The molecule has 3 heteroatoms. The van der Waals surface area contributed by atoms with E-state index in [1.807, 2.05) is 0 Å². The molecule has 1 atom stereocenters. The smallest absolute Gasteiger partial charge is 0.134 e. The number of hydrogen-bond acceptors (Lipinski definition) is 3. The maximum atomic E-state index is 5.10. The molecule has 2 aliphatic rings. The Kier molecular flexibility index (Phi) is 4.29. The predicted molar refractivity (Wildman–Crippen MR) is 95.8 cm³/mol. The van der Waals surface area contributed by atoms with Crippen molar-refractivity contribution in [2.45, 2.75) is 97.1 Å². The van der Waals surface area contributed by atoms with Crippen LogP contribution in [0.15, 0.2) is 0 Å². The molecule has 0 N–H and O–H groups in total. The molecule has 0 aliphatic carbocycles. The molecule has 3 rings (SSSR count). The molecule has 1 unspecified atom stereocenters. The van der Waals surface area contributed by atoms with Crippen molar-refractivity contribution in [2.75, 3.05) is 6.54 Å². The van der Waals surface area contributed by atoms with E-state index in [0.29, 0.717) is 6.04 Å². The Bertz CT molecular complexity index is 583. The highest BCUT2D eigenvalue weighted by atomic mass is 15.2. The van der Waals surface area contributed by atoms with E-state index in [1.54, 1.807) is 0 Å². The van der Waals surface area contributed by atoms with E-state index in [2.05, 4.69) is 46.4 Å². The van der Waals surface area contributed by atoms with Crippen molar-refractivity contribution < 1.29 is 0 Å². The van der Waals surface area contributed by atoms with Gasteiger partial charge in [0.05, 0.1) is 11.4 Å². The van der Waals surface area contributed by atoms with Gasteiger partial charge in [0.25, 0.3) is 0 Å². The van der Waals surface area contributed by atoms with Crippen LogP contribution in [0.2, 0.25) is 0 Å². The second-order valence-corrected chi connectivity index (χ2v) is 9.13. The molecule has 0 spiro atoms. The van der Waals surface area contributed by atoms with Crippen molar-refractivity contribution in [3.63, 3.8) is 0 Å². The first kappa shape index (κ1) is 16.9. The summed E-state index contributed by atoms with van der Waals surface area (Å²) < 4.78 is 0. The Morgan fingerprint density at radius 2 is 1.83 bits per heavy atom. The largest absolute Gasteiger partial charge is 0.296 e. The summed E-state index contributed by atoms with van der Waals surface area (Å²) in [5.74, 6) is 1.05. The first-order chi connectivity index (χ1) is 10.7. The Morgan fingerprint density at radius 1 is 1.09 bits per heavy atom. The third-order valence-electron chi connectivity index (χ3n) is 5.83. The van der Waals surface area contributed by atoms with Gasteiger partial charge in [0.2, 0.25) is 0 Å². The molecule has 1 aromatic rings. The first-order valence-electron chi connectivity index (χ1n) is 9.37. The van der Waals surface area contributed by atoms with Gasteiger partial charge in [-0.05, 0) is 25.8 Å². The van der Waals surface area contributed by atoms with Crippen LogP contribution in [0.25, 0.3) is 0 Å². The number of fused-ring (bicyclic) bond motifs is 2. The Morgan fingerprint density at radius 3 is 2.48 bits per heavy atom. The molecule has 0 saturated carbocycles. The summed E-state index contributed by atoms with van der Waals surface area (Å²) in [7, 11) is 0. The SMILES string of the molecule is CCC(C)(C)c1nc2c(c(C(C)(C)C)n1)CN1CCCCC1C2. The standard InChI is InChI=1S/C20H33N3/c1-7-20(5,6)18-21-16-12-14-10-8-9-11-23(14)13-15(16)17(22-18)19(2,3)4/h14H,7-13H2,1-6H3. The van der Waals surface area contributed by atoms with Crippen molar-refractivity contribution in [3.05, 3.63) is 22.8 Å². The number of piperidine rings is 1. The van der Waals surface area contributed by atoms with E-state index in [4.69, 9.17) is 9.97 Å². The van der Waals surface area contributed by atoms with Crippen LogP contribution in [-0.4, -0.2) is 27.5 Å². The van der Waals surface area contributed by atoms with E-state index in [-0.39, 0.29) is 10.8 Å². The molecule has 0 radical (unpaired) electrons. The van der Waals surface area contributed by atoms with Crippen molar-refractivity contribution in [1.82, 2.24) is 14.9 Å². The zero-order valence-corrected chi connectivity index (χ0v) is 15.9. The molecule has 3 nitrogen and oxygen atoms in total. The summed E-state index contributed by atoms with van der Waals surface area (Å²) in [6.07, 6.45) is 6.25. The fraction of sp³-hybridized carbons (Fsp3) is 0.800. The van der Waals surface area contributed by atoms with Crippen LogP contribution < -0.4 is 0 Å². The van der Waals surface area contributed by atoms with Gasteiger partial charge < -0.3 is 0 Å².